The van der Waals surface area contributed by atoms with Crippen molar-refractivity contribution in [3.05, 3.63) is 64.9 Å². The predicted molar refractivity (Wildman–Crippen MR) is 77.2 cm³/mol. The minimum atomic E-state index is 0.415. The zero-order chi connectivity index (χ0) is 12.5. The molecule has 0 spiro atoms. The second-order valence-corrected chi connectivity index (χ2v) is 4.75. The molecule has 0 radical (unpaired) electrons. The van der Waals surface area contributed by atoms with Gasteiger partial charge in [-0.1, -0.05) is 71.7 Å². The lowest BCUT2D eigenvalue weighted by atomic mass is 10.00. The Morgan fingerprint density at radius 2 is 1.61 bits per heavy atom. The topological polar surface area (TPSA) is 12.9 Å². The Morgan fingerprint density at radius 3 is 2.39 bits per heavy atom. The summed E-state index contributed by atoms with van der Waals surface area (Å²) in [6.07, 6.45) is 0. The maximum atomic E-state index is 6.22. The minimum Gasteiger partial charge on any atom is -0.224 e. The second-order valence-electron chi connectivity index (χ2n) is 4.01. The first-order chi connectivity index (χ1) is 8.75. The van der Waals surface area contributed by atoms with E-state index in [1.54, 1.807) is 0 Å². The molecule has 3 heteroatoms. The Kier molecular flexibility index (Phi) is 2.94. The van der Waals surface area contributed by atoms with Crippen LogP contribution >= 0.6 is 23.2 Å². The van der Waals surface area contributed by atoms with E-state index in [1.807, 2.05) is 42.5 Å². The number of nitrogens with zero attached hydrogens (tertiary/aromatic N) is 1. The summed E-state index contributed by atoms with van der Waals surface area (Å²) in [5, 5.41) is 2.80. The minimum absolute atomic E-state index is 0.415. The molecule has 0 saturated carbocycles. The molecule has 3 aromatic rings. The average molecular weight is 274 g/mol. The van der Waals surface area contributed by atoms with E-state index in [4.69, 9.17) is 23.2 Å². The molecule has 2 aromatic carbocycles. The third-order valence-corrected chi connectivity index (χ3v) is 3.33. The fourth-order valence-electron chi connectivity index (χ4n) is 2.09. The molecule has 0 fully saturated rings. The molecule has 0 aliphatic heterocycles. The molecule has 0 unspecified atom stereocenters. The van der Waals surface area contributed by atoms with Gasteiger partial charge in [-0.3, -0.25) is 0 Å². The van der Waals surface area contributed by atoms with Crippen LogP contribution in [0, 0.1) is 0 Å². The van der Waals surface area contributed by atoms with Gasteiger partial charge in [0, 0.05) is 5.39 Å². The standard InChI is InChI=1S/C15H9Cl2N/c16-13-9-11-7-4-8-12(14(11)15(17)18-13)10-5-2-1-3-6-10/h1-9H. The van der Waals surface area contributed by atoms with Crippen LogP contribution in [0.4, 0.5) is 0 Å². The summed E-state index contributed by atoms with van der Waals surface area (Å²) in [5.41, 5.74) is 2.19. The molecule has 0 amide bonds. The van der Waals surface area contributed by atoms with Crippen molar-refractivity contribution in [1.29, 1.82) is 0 Å². The van der Waals surface area contributed by atoms with E-state index in [1.165, 1.54) is 0 Å². The van der Waals surface area contributed by atoms with Crippen LogP contribution in [0.15, 0.2) is 54.6 Å². The summed E-state index contributed by atoms with van der Waals surface area (Å²) in [5.74, 6) is 0. The molecular formula is C15H9Cl2N. The van der Waals surface area contributed by atoms with Gasteiger partial charge in [-0.25, -0.2) is 4.98 Å². The average Bonchev–Trinajstić information content (AvgIpc) is 2.38. The first-order valence-corrected chi connectivity index (χ1v) is 6.31. The third-order valence-electron chi connectivity index (χ3n) is 2.87. The zero-order valence-electron chi connectivity index (χ0n) is 9.40. The highest BCUT2D eigenvalue weighted by Gasteiger charge is 2.09. The van der Waals surface area contributed by atoms with Gasteiger partial charge >= 0.3 is 0 Å². The first kappa shape index (κ1) is 11.5. The molecule has 3 rings (SSSR count). The molecule has 0 saturated heterocycles. The molecule has 18 heavy (non-hydrogen) atoms. The largest absolute Gasteiger partial charge is 0.224 e. The molecule has 0 N–H and O–H groups in total. The van der Waals surface area contributed by atoms with Crippen molar-refractivity contribution in [1.82, 2.24) is 4.98 Å². The lowest BCUT2D eigenvalue weighted by Gasteiger charge is -2.08. The number of hydrogen-bond acceptors (Lipinski definition) is 1. The van der Waals surface area contributed by atoms with Gasteiger partial charge in [-0.15, -0.1) is 0 Å². The SMILES string of the molecule is Clc1cc2cccc(-c3ccccc3)c2c(Cl)n1. The summed E-state index contributed by atoms with van der Waals surface area (Å²) in [6.45, 7) is 0. The number of rotatable bonds is 1. The van der Waals surface area contributed by atoms with Gasteiger partial charge in [-0.2, -0.15) is 0 Å². The van der Waals surface area contributed by atoms with Gasteiger partial charge in [0.1, 0.15) is 10.3 Å². The maximum Gasteiger partial charge on any atom is 0.139 e. The lowest BCUT2D eigenvalue weighted by Crippen LogP contribution is -1.85. The van der Waals surface area contributed by atoms with Gasteiger partial charge in [0.25, 0.3) is 0 Å². The Labute approximate surface area is 115 Å². The Morgan fingerprint density at radius 1 is 0.833 bits per heavy atom. The van der Waals surface area contributed by atoms with Crippen molar-refractivity contribution in [3.63, 3.8) is 0 Å². The molecule has 1 nitrogen and oxygen atoms in total. The van der Waals surface area contributed by atoms with Crippen LogP contribution in [-0.2, 0) is 0 Å². The van der Waals surface area contributed by atoms with E-state index < -0.39 is 0 Å². The summed E-state index contributed by atoms with van der Waals surface area (Å²) in [6, 6.07) is 18.0. The van der Waals surface area contributed by atoms with Gasteiger partial charge < -0.3 is 0 Å². The van der Waals surface area contributed by atoms with Gasteiger partial charge in [-0.05, 0) is 22.6 Å². The Bertz CT molecular complexity index is 708. The highest BCUT2D eigenvalue weighted by Crippen LogP contribution is 2.33. The summed E-state index contributed by atoms with van der Waals surface area (Å²) >= 11 is 12.1. The Balaban J connectivity index is 2.37. The van der Waals surface area contributed by atoms with Crippen molar-refractivity contribution in [2.75, 3.05) is 0 Å². The number of fused-ring (bicyclic) bond motifs is 1. The third kappa shape index (κ3) is 1.96. The summed E-state index contributed by atoms with van der Waals surface area (Å²) in [4.78, 5) is 4.12. The number of pyridine rings is 1. The molecule has 88 valence electrons. The smallest absolute Gasteiger partial charge is 0.139 e. The maximum absolute atomic E-state index is 6.22. The van der Waals surface area contributed by atoms with Crippen molar-refractivity contribution in [2.24, 2.45) is 0 Å². The fourth-order valence-corrected chi connectivity index (χ4v) is 2.64. The molecule has 1 aromatic heterocycles. The van der Waals surface area contributed by atoms with Crippen LogP contribution in [0.25, 0.3) is 21.9 Å². The second kappa shape index (κ2) is 4.60. The monoisotopic (exact) mass is 273 g/mol. The zero-order valence-corrected chi connectivity index (χ0v) is 10.9. The van der Waals surface area contributed by atoms with E-state index in [-0.39, 0.29) is 0 Å². The van der Waals surface area contributed by atoms with Crippen molar-refractivity contribution >= 4 is 34.0 Å². The summed E-state index contributed by atoms with van der Waals surface area (Å²) < 4.78 is 0. The van der Waals surface area contributed by atoms with Crippen LogP contribution in [0.2, 0.25) is 10.3 Å². The molecule has 0 aliphatic carbocycles. The lowest BCUT2D eigenvalue weighted by molar-refractivity contribution is 1.36. The van der Waals surface area contributed by atoms with E-state index in [9.17, 15) is 0 Å². The highest BCUT2D eigenvalue weighted by molar-refractivity contribution is 6.37. The van der Waals surface area contributed by atoms with E-state index in [0.717, 1.165) is 21.9 Å². The molecule has 0 atom stereocenters. The molecule has 0 aliphatic rings. The number of hydrogen-bond donors (Lipinski definition) is 0. The number of aromatic nitrogens is 1. The van der Waals surface area contributed by atoms with E-state index in [0.29, 0.717) is 10.3 Å². The summed E-state index contributed by atoms with van der Waals surface area (Å²) in [7, 11) is 0. The van der Waals surface area contributed by atoms with Crippen LogP contribution in [0.3, 0.4) is 0 Å². The van der Waals surface area contributed by atoms with Gasteiger partial charge in [0.15, 0.2) is 0 Å². The van der Waals surface area contributed by atoms with Crippen LogP contribution < -0.4 is 0 Å². The number of halogens is 2. The van der Waals surface area contributed by atoms with Crippen LogP contribution in [0.1, 0.15) is 0 Å². The van der Waals surface area contributed by atoms with Crippen molar-refractivity contribution < 1.29 is 0 Å². The van der Waals surface area contributed by atoms with Crippen LogP contribution in [-0.4, -0.2) is 4.98 Å². The molecular weight excluding hydrogens is 265 g/mol. The Hall–Kier alpha value is -1.57. The fraction of sp³-hybridized carbons (Fsp3) is 0. The quantitative estimate of drug-likeness (QED) is 0.555. The highest BCUT2D eigenvalue weighted by atomic mass is 35.5. The van der Waals surface area contributed by atoms with Gasteiger partial charge in [0.05, 0.1) is 0 Å². The van der Waals surface area contributed by atoms with Gasteiger partial charge in [0.2, 0.25) is 0 Å². The first-order valence-electron chi connectivity index (χ1n) is 5.56. The van der Waals surface area contributed by atoms with Crippen molar-refractivity contribution in [3.8, 4) is 11.1 Å². The molecule has 1 heterocycles. The van der Waals surface area contributed by atoms with Crippen LogP contribution in [0.5, 0.6) is 0 Å². The number of benzene rings is 2. The predicted octanol–water partition coefficient (Wildman–Crippen LogP) is 5.21. The molecule has 0 bridgehead atoms. The normalized spacial score (nSPS) is 10.8. The van der Waals surface area contributed by atoms with Crippen molar-refractivity contribution in [2.45, 2.75) is 0 Å². The van der Waals surface area contributed by atoms with E-state index >= 15 is 0 Å². The van der Waals surface area contributed by atoms with E-state index in [2.05, 4.69) is 17.1 Å².